The van der Waals surface area contributed by atoms with E-state index in [9.17, 15) is 0 Å². The fourth-order valence-corrected chi connectivity index (χ4v) is 2.29. The van der Waals surface area contributed by atoms with Crippen molar-refractivity contribution < 1.29 is 0 Å². The molecule has 0 bridgehead atoms. The molecule has 3 aromatic heterocycles. The van der Waals surface area contributed by atoms with Gasteiger partial charge in [-0.1, -0.05) is 11.2 Å². The summed E-state index contributed by atoms with van der Waals surface area (Å²) in [5.74, 6) is 0. The van der Waals surface area contributed by atoms with Gasteiger partial charge in [0.25, 0.3) is 0 Å². The van der Waals surface area contributed by atoms with Gasteiger partial charge >= 0.3 is 0 Å². The van der Waals surface area contributed by atoms with Crippen LogP contribution < -0.4 is 0 Å². The molecule has 3 rings (SSSR count). The summed E-state index contributed by atoms with van der Waals surface area (Å²) in [5.41, 5.74) is 12.4. The summed E-state index contributed by atoms with van der Waals surface area (Å²) < 4.78 is 2.08. The third-order valence-electron chi connectivity index (χ3n) is 3.11. The molecule has 20 heavy (non-hydrogen) atoms. The lowest BCUT2D eigenvalue weighted by atomic mass is 10.1. The predicted molar refractivity (Wildman–Crippen MR) is 76.1 cm³/mol. The van der Waals surface area contributed by atoms with Gasteiger partial charge in [0.05, 0.1) is 11.9 Å². The molecule has 0 atom stereocenters. The molecular weight excluding hydrogens is 252 g/mol. The van der Waals surface area contributed by atoms with Gasteiger partial charge in [-0.05, 0) is 35.7 Å². The van der Waals surface area contributed by atoms with Crippen LogP contribution in [0.3, 0.4) is 0 Å². The lowest BCUT2D eigenvalue weighted by Gasteiger charge is -2.04. The van der Waals surface area contributed by atoms with Gasteiger partial charge in [-0.3, -0.25) is 9.97 Å². The van der Waals surface area contributed by atoms with Crippen LogP contribution in [0.2, 0.25) is 0 Å². The first-order valence-electron chi connectivity index (χ1n) is 6.26. The first kappa shape index (κ1) is 12.2. The Morgan fingerprint density at radius 2 is 2.25 bits per heavy atom. The summed E-state index contributed by atoms with van der Waals surface area (Å²) >= 11 is 0. The molecule has 0 saturated heterocycles. The SMILES string of the molecule is [N-]=[N+]=NCCc1cc2ccccn2c1-c1cnccn1. The number of hydrogen-bond acceptors (Lipinski definition) is 3. The fraction of sp³-hybridized carbons (Fsp3) is 0.143. The lowest BCUT2D eigenvalue weighted by molar-refractivity contribution is 0.954. The van der Waals surface area contributed by atoms with E-state index in [0.717, 1.165) is 22.5 Å². The van der Waals surface area contributed by atoms with Crippen LogP contribution in [0.1, 0.15) is 5.56 Å². The van der Waals surface area contributed by atoms with E-state index >= 15 is 0 Å². The van der Waals surface area contributed by atoms with Crippen LogP contribution in [0, 0.1) is 0 Å². The normalized spacial score (nSPS) is 10.4. The van der Waals surface area contributed by atoms with Crippen LogP contribution in [0.15, 0.2) is 54.2 Å². The second kappa shape index (κ2) is 5.42. The van der Waals surface area contributed by atoms with Gasteiger partial charge in [0, 0.05) is 35.6 Å². The molecular formula is C14H12N6. The zero-order valence-corrected chi connectivity index (χ0v) is 10.7. The van der Waals surface area contributed by atoms with E-state index in [2.05, 4.69) is 30.5 Å². The molecule has 0 radical (unpaired) electrons. The van der Waals surface area contributed by atoms with Crippen molar-refractivity contribution in [3.63, 3.8) is 0 Å². The number of hydrogen-bond donors (Lipinski definition) is 0. The number of rotatable bonds is 4. The first-order chi connectivity index (χ1) is 9.90. The largest absolute Gasteiger partial charge is 0.315 e. The maximum Gasteiger partial charge on any atom is 0.106 e. The van der Waals surface area contributed by atoms with Gasteiger partial charge in [0.1, 0.15) is 5.69 Å². The molecule has 3 aromatic rings. The van der Waals surface area contributed by atoms with E-state index in [1.807, 2.05) is 24.4 Å². The second-order valence-corrected chi connectivity index (χ2v) is 4.31. The zero-order valence-electron chi connectivity index (χ0n) is 10.7. The molecule has 0 unspecified atom stereocenters. The van der Waals surface area contributed by atoms with Crippen molar-refractivity contribution in [2.24, 2.45) is 5.11 Å². The van der Waals surface area contributed by atoms with Crippen LogP contribution in [0.4, 0.5) is 0 Å². The lowest BCUT2D eigenvalue weighted by Crippen LogP contribution is -1.95. The highest BCUT2D eigenvalue weighted by atomic mass is 15.1. The van der Waals surface area contributed by atoms with Gasteiger partial charge in [-0.15, -0.1) is 0 Å². The Kier molecular flexibility index (Phi) is 3.31. The van der Waals surface area contributed by atoms with E-state index in [1.165, 1.54) is 0 Å². The molecule has 0 fully saturated rings. The van der Waals surface area contributed by atoms with Crippen LogP contribution in [-0.2, 0) is 6.42 Å². The Bertz CT molecular complexity index is 771. The first-order valence-corrected chi connectivity index (χ1v) is 6.26. The van der Waals surface area contributed by atoms with Crippen molar-refractivity contribution in [1.29, 1.82) is 0 Å². The molecule has 0 N–H and O–H groups in total. The summed E-state index contributed by atoms with van der Waals surface area (Å²) in [6.45, 7) is 0.431. The smallest absolute Gasteiger partial charge is 0.106 e. The third kappa shape index (κ3) is 2.20. The number of azide groups is 1. The molecule has 6 nitrogen and oxygen atoms in total. The number of fused-ring (bicyclic) bond motifs is 1. The average molecular weight is 264 g/mol. The van der Waals surface area contributed by atoms with Gasteiger partial charge in [0.15, 0.2) is 0 Å². The Balaban J connectivity index is 2.15. The van der Waals surface area contributed by atoms with E-state index in [-0.39, 0.29) is 0 Å². The van der Waals surface area contributed by atoms with Crippen molar-refractivity contribution in [2.45, 2.75) is 6.42 Å². The molecule has 98 valence electrons. The summed E-state index contributed by atoms with van der Waals surface area (Å²) in [5, 5.41) is 3.61. The molecule has 0 spiro atoms. The molecule has 3 heterocycles. The quantitative estimate of drug-likeness (QED) is 0.412. The monoisotopic (exact) mass is 264 g/mol. The van der Waals surface area contributed by atoms with Crippen LogP contribution in [0.5, 0.6) is 0 Å². The Labute approximate surface area is 115 Å². The predicted octanol–water partition coefficient (Wildman–Crippen LogP) is 3.25. The highest BCUT2D eigenvalue weighted by Gasteiger charge is 2.12. The van der Waals surface area contributed by atoms with E-state index < -0.39 is 0 Å². The van der Waals surface area contributed by atoms with Crippen molar-refractivity contribution >= 4 is 5.52 Å². The van der Waals surface area contributed by atoms with E-state index in [0.29, 0.717) is 13.0 Å². The molecule has 6 heteroatoms. The minimum Gasteiger partial charge on any atom is -0.315 e. The van der Waals surface area contributed by atoms with Gasteiger partial charge < -0.3 is 4.40 Å². The van der Waals surface area contributed by atoms with Crippen LogP contribution >= 0.6 is 0 Å². The Morgan fingerprint density at radius 3 is 3.05 bits per heavy atom. The summed E-state index contributed by atoms with van der Waals surface area (Å²) in [6, 6.07) is 8.10. The molecule has 0 saturated carbocycles. The highest BCUT2D eigenvalue weighted by Crippen LogP contribution is 2.26. The highest BCUT2D eigenvalue weighted by molar-refractivity contribution is 5.68. The summed E-state index contributed by atoms with van der Waals surface area (Å²) in [7, 11) is 0. The van der Waals surface area contributed by atoms with Crippen LogP contribution in [-0.4, -0.2) is 20.9 Å². The van der Waals surface area contributed by atoms with Gasteiger partial charge in [-0.2, -0.15) is 0 Å². The molecule has 0 aliphatic rings. The zero-order chi connectivity index (χ0) is 13.8. The number of aromatic nitrogens is 3. The molecule has 0 aliphatic heterocycles. The maximum atomic E-state index is 8.40. The fourth-order valence-electron chi connectivity index (χ4n) is 2.29. The minimum atomic E-state index is 0.431. The second-order valence-electron chi connectivity index (χ2n) is 4.31. The van der Waals surface area contributed by atoms with E-state index in [1.54, 1.807) is 18.6 Å². The van der Waals surface area contributed by atoms with Gasteiger partial charge in [-0.25, -0.2) is 0 Å². The minimum absolute atomic E-state index is 0.431. The van der Waals surface area contributed by atoms with E-state index in [4.69, 9.17) is 5.53 Å². The summed E-state index contributed by atoms with van der Waals surface area (Å²) in [6.07, 6.45) is 7.74. The van der Waals surface area contributed by atoms with Gasteiger partial charge in [0.2, 0.25) is 0 Å². The van der Waals surface area contributed by atoms with Crippen LogP contribution in [0.25, 0.3) is 27.3 Å². The maximum absolute atomic E-state index is 8.40. The van der Waals surface area contributed by atoms with Crippen molar-refractivity contribution in [1.82, 2.24) is 14.4 Å². The topological polar surface area (TPSA) is 79.0 Å². The number of nitrogens with zero attached hydrogens (tertiary/aromatic N) is 6. The molecule has 0 amide bonds. The summed E-state index contributed by atoms with van der Waals surface area (Å²) in [4.78, 5) is 11.3. The Morgan fingerprint density at radius 1 is 1.30 bits per heavy atom. The standard InChI is InChI=1S/C14H12N6/c15-19-18-5-4-11-9-12-3-1-2-8-20(12)14(11)13-10-16-6-7-17-13/h1-3,6-10H,4-5H2. The molecule has 0 aliphatic carbocycles. The average Bonchev–Trinajstić information content (AvgIpc) is 2.86. The Hall–Kier alpha value is -2.85. The molecule has 0 aromatic carbocycles. The number of pyridine rings is 1. The van der Waals surface area contributed by atoms with Crippen molar-refractivity contribution in [3.8, 4) is 11.4 Å². The van der Waals surface area contributed by atoms with Crippen molar-refractivity contribution in [3.05, 3.63) is 65.1 Å². The van der Waals surface area contributed by atoms with Crippen molar-refractivity contribution in [2.75, 3.05) is 6.54 Å². The third-order valence-corrected chi connectivity index (χ3v) is 3.11.